The summed E-state index contributed by atoms with van der Waals surface area (Å²) >= 11 is 1.29. The van der Waals surface area contributed by atoms with Crippen LogP contribution in [0, 0.1) is 0 Å². The van der Waals surface area contributed by atoms with Crippen LogP contribution in [-0.4, -0.2) is 34.5 Å². The molecule has 0 aliphatic carbocycles. The van der Waals surface area contributed by atoms with Gasteiger partial charge in [0.15, 0.2) is 0 Å². The molecule has 0 aromatic rings. The van der Waals surface area contributed by atoms with Crippen LogP contribution in [0.5, 0.6) is 0 Å². The SMILES string of the molecule is NC(=O)CSCCC(N)C(=O)O. The van der Waals surface area contributed by atoms with Gasteiger partial charge >= 0.3 is 5.97 Å². The first kappa shape index (κ1) is 11.2. The summed E-state index contributed by atoms with van der Waals surface area (Å²) in [5.74, 6) is -0.665. The van der Waals surface area contributed by atoms with Gasteiger partial charge in [-0.15, -0.1) is 0 Å². The largest absolute Gasteiger partial charge is 0.480 e. The van der Waals surface area contributed by atoms with E-state index in [4.69, 9.17) is 16.6 Å². The topological polar surface area (TPSA) is 106 Å². The number of nitrogens with two attached hydrogens (primary N) is 2. The Bertz CT molecular complexity index is 174. The molecule has 0 fully saturated rings. The van der Waals surface area contributed by atoms with Gasteiger partial charge in [0, 0.05) is 0 Å². The lowest BCUT2D eigenvalue weighted by Gasteiger charge is -2.03. The number of carbonyl (C=O) groups is 2. The Morgan fingerprint density at radius 1 is 1.50 bits per heavy atom. The Kier molecular flexibility index (Phi) is 5.48. The second-order valence-electron chi connectivity index (χ2n) is 2.25. The Hall–Kier alpha value is -0.750. The van der Waals surface area contributed by atoms with E-state index in [1.807, 2.05) is 0 Å². The summed E-state index contributed by atoms with van der Waals surface area (Å²) in [5, 5.41) is 8.36. The molecule has 12 heavy (non-hydrogen) atoms. The van der Waals surface area contributed by atoms with Crippen LogP contribution in [0.15, 0.2) is 0 Å². The van der Waals surface area contributed by atoms with Crippen molar-refractivity contribution >= 4 is 23.6 Å². The Labute approximate surface area is 74.5 Å². The second kappa shape index (κ2) is 5.84. The van der Waals surface area contributed by atoms with Crippen LogP contribution in [0.2, 0.25) is 0 Å². The van der Waals surface area contributed by atoms with Crippen LogP contribution in [0.4, 0.5) is 0 Å². The van der Waals surface area contributed by atoms with E-state index in [2.05, 4.69) is 0 Å². The van der Waals surface area contributed by atoms with Gasteiger partial charge in [0.2, 0.25) is 5.91 Å². The number of carbonyl (C=O) groups excluding carboxylic acids is 1. The third-order valence-electron chi connectivity index (χ3n) is 1.13. The lowest BCUT2D eigenvalue weighted by atomic mass is 10.2. The van der Waals surface area contributed by atoms with Crippen molar-refractivity contribution in [3.8, 4) is 0 Å². The number of hydrogen-bond donors (Lipinski definition) is 3. The van der Waals surface area contributed by atoms with E-state index in [0.29, 0.717) is 12.2 Å². The van der Waals surface area contributed by atoms with E-state index >= 15 is 0 Å². The summed E-state index contributed by atoms with van der Waals surface area (Å²) in [4.78, 5) is 20.4. The van der Waals surface area contributed by atoms with Crippen molar-refractivity contribution in [1.82, 2.24) is 0 Å². The molecule has 5 nitrogen and oxygen atoms in total. The highest BCUT2D eigenvalue weighted by Gasteiger charge is 2.10. The fourth-order valence-electron chi connectivity index (χ4n) is 0.507. The molecule has 0 radical (unpaired) electrons. The van der Waals surface area contributed by atoms with Gasteiger partial charge < -0.3 is 16.6 Å². The van der Waals surface area contributed by atoms with Gasteiger partial charge in [-0.2, -0.15) is 11.8 Å². The maximum atomic E-state index is 10.2. The van der Waals surface area contributed by atoms with Crippen LogP contribution < -0.4 is 11.5 Å². The zero-order valence-corrected chi connectivity index (χ0v) is 7.34. The average molecular weight is 192 g/mol. The standard InChI is InChI=1S/C6H12N2O3S/c7-4(6(10)11)1-2-12-3-5(8)9/h4H,1-3,7H2,(H2,8,9)(H,10,11). The normalized spacial score (nSPS) is 12.4. The highest BCUT2D eigenvalue weighted by molar-refractivity contribution is 7.99. The van der Waals surface area contributed by atoms with E-state index in [1.54, 1.807) is 0 Å². The van der Waals surface area contributed by atoms with Crippen LogP contribution in [0.1, 0.15) is 6.42 Å². The highest BCUT2D eigenvalue weighted by Crippen LogP contribution is 2.02. The minimum atomic E-state index is -1.02. The van der Waals surface area contributed by atoms with E-state index in [0.717, 1.165) is 0 Å². The molecule has 1 atom stereocenters. The molecule has 0 aromatic heterocycles. The van der Waals surface area contributed by atoms with Gasteiger partial charge in [-0.1, -0.05) is 0 Å². The summed E-state index contributed by atoms with van der Waals surface area (Å²) in [6.07, 6.45) is 0.354. The molecule has 6 heteroatoms. The summed E-state index contributed by atoms with van der Waals surface area (Å²) < 4.78 is 0. The Morgan fingerprint density at radius 2 is 2.08 bits per heavy atom. The first-order chi connectivity index (χ1) is 5.54. The molecule has 0 aliphatic rings. The highest BCUT2D eigenvalue weighted by atomic mass is 32.2. The molecule has 0 saturated heterocycles. The maximum Gasteiger partial charge on any atom is 0.320 e. The smallest absolute Gasteiger partial charge is 0.320 e. The first-order valence-electron chi connectivity index (χ1n) is 3.38. The third kappa shape index (κ3) is 5.99. The van der Waals surface area contributed by atoms with Gasteiger partial charge in [-0.3, -0.25) is 9.59 Å². The summed E-state index contributed by atoms with van der Waals surface area (Å²) in [5.41, 5.74) is 10.1. The van der Waals surface area contributed by atoms with Crippen molar-refractivity contribution in [2.75, 3.05) is 11.5 Å². The second-order valence-corrected chi connectivity index (χ2v) is 3.36. The molecule has 0 bridgehead atoms. The van der Waals surface area contributed by atoms with Crippen LogP contribution in [-0.2, 0) is 9.59 Å². The van der Waals surface area contributed by atoms with Crippen molar-refractivity contribution in [2.24, 2.45) is 11.5 Å². The molecule has 1 unspecified atom stereocenters. The Morgan fingerprint density at radius 3 is 2.50 bits per heavy atom. The zero-order valence-electron chi connectivity index (χ0n) is 6.53. The van der Waals surface area contributed by atoms with Crippen LogP contribution in [0.25, 0.3) is 0 Å². The molecule has 0 rings (SSSR count). The van der Waals surface area contributed by atoms with Crippen molar-refractivity contribution in [3.63, 3.8) is 0 Å². The first-order valence-corrected chi connectivity index (χ1v) is 4.54. The predicted molar refractivity (Wildman–Crippen MR) is 46.7 cm³/mol. The van der Waals surface area contributed by atoms with Gasteiger partial charge in [-0.05, 0) is 12.2 Å². The number of aliphatic carboxylic acids is 1. The summed E-state index contributed by atoms with van der Waals surface area (Å²) in [6, 6.07) is -0.842. The minimum absolute atomic E-state index is 0.215. The number of primary amides is 1. The van der Waals surface area contributed by atoms with Crippen molar-refractivity contribution in [3.05, 3.63) is 0 Å². The van der Waals surface area contributed by atoms with Gasteiger partial charge in [0.05, 0.1) is 5.75 Å². The molecule has 0 saturated carbocycles. The lowest BCUT2D eigenvalue weighted by molar-refractivity contribution is -0.138. The quantitative estimate of drug-likeness (QED) is 0.468. The van der Waals surface area contributed by atoms with E-state index in [-0.39, 0.29) is 5.75 Å². The molecule has 0 aliphatic heterocycles. The van der Waals surface area contributed by atoms with E-state index < -0.39 is 17.9 Å². The molecule has 5 N–H and O–H groups in total. The van der Waals surface area contributed by atoms with Gasteiger partial charge in [-0.25, -0.2) is 0 Å². The lowest BCUT2D eigenvalue weighted by Crippen LogP contribution is -2.30. The molecular formula is C6H12N2O3S. The molecule has 1 amide bonds. The molecule has 0 heterocycles. The number of rotatable bonds is 6. The number of carboxylic acid groups (broad SMARTS) is 1. The summed E-state index contributed by atoms with van der Waals surface area (Å²) in [7, 11) is 0. The van der Waals surface area contributed by atoms with E-state index in [9.17, 15) is 9.59 Å². The molecule has 70 valence electrons. The Balaban J connectivity index is 3.31. The maximum absolute atomic E-state index is 10.2. The third-order valence-corrected chi connectivity index (χ3v) is 2.15. The number of hydrogen-bond acceptors (Lipinski definition) is 4. The van der Waals surface area contributed by atoms with E-state index in [1.165, 1.54) is 11.8 Å². The number of amides is 1. The molecule has 0 spiro atoms. The average Bonchev–Trinajstić information content (AvgIpc) is 1.97. The van der Waals surface area contributed by atoms with Gasteiger partial charge in [0.1, 0.15) is 6.04 Å². The fourth-order valence-corrected chi connectivity index (χ4v) is 1.27. The molecule has 0 aromatic carbocycles. The van der Waals surface area contributed by atoms with Crippen molar-refractivity contribution < 1.29 is 14.7 Å². The number of carboxylic acids is 1. The van der Waals surface area contributed by atoms with Gasteiger partial charge in [0.25, 0.3) is 0 Å². The van der Waals surface area contributed by atoms with Crippen LogP contribution in [0.3, 0.4) is 0 Å². The summed E-state index contributed by atoms with van der Waals surface area (Å²) in [6.45, 7) is 0. The number of thioether (sulfide) groups is 1. The fraction of sp³-hybridized carbons (Fsp3) is 0.667. The monoisotopic (exact) mass is 192 g/mol. The molecular weight excluding hydrogens is 180 g/mol. The van der Waals surface area contributed by atoms with Crippen LogP contribution >= 0.6 is 11.8 Å². The van der Waals surface area contributed by atoms with Crippen molar-refractivity contribution in [2.45, 2.75) is 12.5 Å². The minimum Gasteiger partial charge on any atom is -0.480 e. The zero-order chi connectivity index (χ0) is 9.56. The predicted octanol–water partition coefficient (Wildman–Crippen LogP) is -0.993. The van der Waals surface area contributed by atoms with Crippen molar-refractivity contribution in [1.29, 1.82) is 0 Å².